The predicted octanol–water partition coefficient (Wildman–Crippen LogP) is 3.34. The lowest BCUT2D eigenvalue weighted by Gasteiger charge is -2.13. The van der Waals surface area contributed by atoms with Gasteiger partial charge in [-0.1, -0.05) is 11.6 Å². The highest BCUT2D eigenvalue weighted by molar-refractivity contribution is 9.10. The molecule has 0 spiro atoms. The Bertz CT molecular complexity index is 362. The van der Waals surface area contributed by atoms with Crippen LogP contribution in [0.25, 0.3) is 0 Å². The fraction of sp³-hybridized carbons (Fsp3) is 0.500. The lowest BCUT2D eigenvalue weighted by atomic mass is 10.1. The third-order valence-electron chi connectivity index (χ3n) is 2.60. The van der Waals surface area contributed by atoms with Crippen LogP contribution in [0.5, 0.6) is 0 Å². The highest BCUT2D eigenvalue weighted by Gasteiger charge is 2.03. The van der Waals surface area contributed by atoms with E-state index in [2.05, 4.69) is 38.8 Å². The molecular formula is C12H16BrNOS. The summed E-state index contributed by atoms with van der Waals surface area (Å²) in [4.78, 5) is 1.38. The fourth-order valence-electron chi connectivity index (χ4n) is 1.70. The van der Waals surface area contributed by atoms with Crippen LogP contribution in [0.15, 0.2) is 27.6 Å². The number of rotatable bonds is 5. The number of hydrogen-bond donors (Lipinski definition) is 1. The molecule has 0 saturated heterocycles. The number of halogens is 1. The van der Waals surface area contributed by atoms with Crippen LogP contribution in [0.3, 0.4) is 0 Å². The van der Waals surface area contributed by atoms with E-state index in [-0.39, 0.29) is 0 Å². The predicted molar refractivity (Wildman–Crippen MR) is 71.9 cm³/mol. The molecule has 0 unspecified atom stereocenters. The summed E-state index contributed by atoms with van der Waals surface area (Å²) in [6.45, 7) is 3.72. The van der Waals surface area contributed by atoms with Crippen LogP contribution in [0.2, 0.25) is 0 Å². The second-order valence-corrected chi connectivity index (χ2v) is 5.76. The molecule has 0 aliphatic carbocycles. The number of thiophene rings is 1. The molecule has 4 heteroatoms. The lowest BCUT2D eigenvalue weighted by Crippen LogP contribution is -2.16. The minimum Gasteiger partial charge on any atom is -0.377 e. The first-order chi connectivity index (χ1) is 7.84. The fourth-order valence-corrected chi connectivity index (χ4v) is 3.12. The van der Waals surface area contributed by atoms with Crippen LogP contribution < -0.4 is 5.32 Å². The second kappa shape index (κ2) is 6.55. The monoisotopic (exact) mass is 301 g/mol. The van der Waals surface area contributed by atoms with Crippen LogP contribution in [0.4, 0.5) is 0 Å². The molecule has 0 bridgehead atoms. The van der Waals surface area contributed by atoms with E-state index in [9.17, 15) is 0 Å². The first kappa shape index (κ1) is 12.3. The molecule has 0 amide bonds. The highest BCUT2D eigenvalue weighted by Crippen LogP contribution is 2.19. The van der Waals surface area contributed by atoms with E-state index in [1.54, 1.807) is 11.3 Å². The lowest BCUT2D eigenvalue weighted by molar-refractivity contribution is 0.153. The molecule has 2 nitrogen and oxygen atoms in total. The van der Waals surface area contributed by atoms with Gasteiger partial charge in [0, 0.05) is 21.3 Å². The smallest absolute Gasteiger partial charge is 0.0650 e. The molecule has 0 aromatic carbocycles. The van der Waals surface area contributed by atoms with Crippen molar-refractivity contribution in [3.63, 3.8) is 0 Å². The van der Waals surface area contributed by atoms with Gasteiger partial charge in [-0.25, -0.2) is 0 Å². The Balaban J connectivity index is 1.63. The topological polar surface area (TPSA) is 21.3 Å². The van der Waals surface area contributed by atoms with Gasteiger partial charge in [0.1, 0.15) is 0 Å². The first-order valence-electron chi connectivity index (χ1n) is 5.54. The maximum atomic E-state index is 5.28. The zero-order valence-electron chi connectivity index (χ0n) is 9.17. The van der Waals surface area contributed by atoms with Crippen molar-refractivity contribution in [3.8, 4) is 0 Å². The summed E-state index contributed by atoms with van der Waals surface area (Å²) in [7, 11) is 0. The largest absolute Gasteiger partial charge is 0.377 e. The third-order valence-corrected chi connectivity index (χ3v) is 4.30. The van der Waals surface area contributed by atoms with Crippen LogP contribution in [-0.2, 0) is 11.3 Å². The van der Waals surface area contributed by atoms with Gasteiger partial charge in [-0.15, -0.1) is 11.3 Å². The molecular weight excluding hydrogens is 286 g/mol. The first-order valence-corrected chi connectivity index (χ1v) is 7.21. The molecule has 2 rings (SSSR count). The maximum Gasteiger partial charge on any atom is 0.0650 e. The Morgan fingerprint density at radius 1 is 1.50 bits per heavy atom. The average Bonchev–Trinajstić information content (AvgIpc) is 2.72. The molecule has 16 heavy (non-hydrogen) atoms. The van der Waals surface area contributed by atoms with Gasteiger partial charge in [-0.05, 0) is 41.4 Å². The van der Waals surface area contributed by atoms with Gasteiger partial charge >= 0.3 is 0 Å². The molecule has 1 aromatic rings. The van der Waals surface area contributed by atoms with Crippen LogP contribution in [0, 0.1) is 0 Å². The van der Waals surface area contributed by atoms with Crippen molar-refractivity contribution in [2.75, 3.05) is 19.8 Å². The Labute approximate surface area is 109 Å². The van der Waals surface area contributed by atoms with Crippen molar-refractivity contribution in [1.29, 1.82) is 0 Å². The normalized spacial score (nSPS) is 16.2. The molecule has 1 N–H and O–H groups in total. The van der Waals surface area contributed by atoms with E-state index in [1.807, 2.05) is 0 Å². The van der Waals surface area contributed by atoms with E-state index in [4.69, 9.17) is 4.74 Å². The zero-order chi connectivity index (χ0) is 11.2. The van der Waals surface area contributed by atoms with E-state index in [0.717, 1.165) is 39.1 Å². The van der Waals surface area contributed by atoms with Gasteiger partial charge in [0.15, 0.2) is 0 Å². The van der Waals surface area contributed by atoms with Crippen LogP contribution in [-0.4, -0.2) is 19.8 Å². The van der Waals surface area contributed by atoms with Crippen molar-refractivity contribution in [2.45, 2.75) is 19.4 Å². The number of hydrogen-bond acceptors (Lipinski definition) is 3. The molecule has 0 radical (unpaired) electrons. The van der Waals surface area contributed by atoms with Gasteiger partial charge in [0.25, 0.3) is 0 Å². The van der Waals surface area contributed by atoms with E-state index in [0.29, 0.717) is 0 Å². The quantitative estimate of drug-likeness (QED) is 0.665. The summed E-state index contributed by atoms with van der Waals surface area (Å²) in [5, 5.41) is 5.59. The van der Waals surface area contributed by atoms with Crippen molar-refractivity contribution >= 4 is 27.3 Å². The van der Waals surface area contributed by atoms with Crippen molar-refractivity contribution in [3.05, 3.63) is 32.4 Å². The minimum atomic E-state index is 0.799. The molecule has 88 valence electrons. The minimum absolute atomic E-state index is 0.799. The summed E-state index contributed by atoms with van der Waals surface area (Å²) in [6, 6.07) is 2.17. The SMILES string of the molecule is Brc1csc(CNCCC2=CCOCC2)c1. The summed E-state index contributed by atoms with van der Waals surface area (Å²) in [6.07, 6.45) is 4.47. The molecule has 1 aliphatic rings. The van der Waals surface area contributed by atoms with Crippen LogP contribution >= 0.6 is 27.3 Å². The molecule has 0 fully saturated rings. The van der Waals surface area contributed by atoms with Crippen molar-refractivity contribution in [1.82, 2.24) is 5.32 Å². The summed E-state index contributed by atoms with van der Waals surface area (Å²) >= 11 is 5.25. The third kappa shape index (κ3) is 4.01. The molecule has 0 saturated carbocycles. The Morgan fingerprint density at radius 3 is 3.12 bits per heavy atom. The van der Waals surface area contributed by atoms with E-state index in [1.165, 1.54) is 14.9 Å². The molecule has 0 atom stereocenters. The van der Waals surface area contributed by atoms with Crippen LogP contribution in [0.1, 0.15) is 17.7 Å². The van der Waals surface area contributed by atoms with Crippen molar-refractivity contribution < 1.29 is 4.74 Å². The summed E-state index contributed by atoms with van der Waals surface area (Å²) in [5.41, 5.74) is 1.53. The van der Waals surface area contributed by atoms with Gasteiger partial charge in [0.2, 0.25) is 0 Å². The summed E-state index contributed by atoms with van der Waals surface area (Å²) < 4.78 is 6.46. The van der Waals surface area contributed by atoms with Gasteiger partial charge in [0.05, 0.1) is 13.2 Å². The zero-order valence-corrected chi connectivity index (χ0v) is 11.6. The average molecular weight is 302 g/mol. The Kier molecular flexibility index (Phi) is 5.03. The second-order valence-electron chi connectivity index (χ2n) is 3.85. The van der Waals surface area contributed by atoms with Gasteiger partial charge in [-0.3, -0.25) is 0 Å². The van der Waals surface area contributed by atoms with Gasteiger partial charge < -0.3 is 10.1 Å². The molecule has 1 aliphatic heterocycles. The number of ether oxygens (including phenoxy) is 1. The summed E-state index contributed by atoms with van der Waals surface area (Å²) in [5.74, 6) is 0. The van der Waals surface area contributed by atoms with Gasteiger partial charge in [-0.2, -0.15) is 0 Å². The Morgan fingerprint density at radius 2 is 2.44 bits per heavy atom. The molecule has 1 aromatic heterocycles. The Hall–Kier alpha value is -0.160. The maximum absolute atomic E-state index is 5.28. The number of nitrogens with one attached hydrogen (secondary N) is 1. The van der Waals surface area contributed by atoms with E-state index < -0.39 is 0 Å². The van der Waals surface area contributed by atoms with E-state index >= 15 is 0 Å². The molecule has 2 heterocycles. The standard InChI is InChI=1S/C12H16BrNOS/c13-11-7-12(16-9-11)8-14-4-1-10-2-5-15-6-3-10/h2,7,9,14H,1,3-6,8H2. The highest BCUT2D eigenvalue weighted by atomic mass is 79.9. The van der Waals surface area contributed by atoms with Crippen molar-refractivity contribution in [2.24, 2.45) is 0 Å².